The van der Waals surface area contributed by atoms with Crippen LogP contribution < -0.4 is 4.74 Å². The molecule has 2 aliphatic carbocycles. The van der Waals surface area contributed by atoms with Crippen molar-refractivity contribution < 1.29 is 13.9 Å². The Bertz CT molecular complexity index is 391. The van der Waals surface area contributed by atoms with Crippen LogP contribution in [0.4, 0.5) is 0 Å². The topological polar surface area (TPSA) is 39.4 Å². The fraction of sp³-hybridized carbons (Fsp3) is 0.417. The van der Waals surface area contributed by atoms with Gasteiger partial charge in [0.15, 0.2) is 0 Å². The zero-order valence-electron chi connectivity index (χ0n) is 8.26. The molecule has 0 aliphatic heterocycles. The Hall–Kier alpha value is -1.51. The summed E-state index contributed by atoms with van der Waals surface area (Å²) in [6, 6.07) is 3.37. The van der Waals surface area contributed by atoms with E-state index in [0.29, 0.717) is 17.8 Å². The summed E-state index contributed by atoms with van der Waals surface area (Å²) in [6.45, 7) is 0. The zero-order chi connectivity index (χ0) is 10.3. The predicted molar refractivity (Wildman–Crippen MR) is 53.2 cm³/mol. The summed E-state index contributed by atoms with van der Waals surface area (Å²) in [4.78, 5) is 11.8. The fourth-order valence-corrected chi connectivity index (χ4v) is 2.55. The Morgan fingerprint density at radius 2 is 2.33 bits per heavy atom. The molecule has 0 saturated heterocycles. The summed E-state index contributed by atoms with van der Waals surface area (Å²) in [5.74, 6) is 1.15. The van der Waals surface area contributed by atoms with Gasteiger partial charge >= 0.3 is 5.97 Å². The lowest BCUT2D eigenvalue weighted by Crippen LogP contribution is -2.23. The Morgan fingerprint density at radius 1 is 1.40 bits per heavy atom. The van der Waals surface area contributed by atoms with E-state index in [9.17, 15) is 4.79 Å². The van der Waals surface area contributed by atoms with Crippen molar-refractivity contribution >= 4 is 5.97 Å². The van der Waals surface area contributed by atoms with Gasteiger partial charge in [-0.3, -0.25) is 4.79 Å². The molecule has 3 atom stereocenters. The normalized spacial score (nSPS) is 32.1. The monoisotopic (exact) mass is 204 g/mol. The lowest BCUT2D eigenvalue weighted by atomic mass is 9.94. The quantitative estimate of drug-likeness (QED) is 0.548. The molecule has 3 rings (SSSR count). The van der Waals surface area contributed by atoms with E-state index in [4.69, 9.17) is 9.15 Å². The first-order valence-electron chi connectivity index (χ1n) is 5.26. The molecule has 1 saturated carbocycles. The second-order valence-corrected chi connectivity index (χ2v) is 4.24. The summed E-state index contributed by atoms with van der Waals surface area (Å²) in [7, 11) is 0. The van der Waals surface area contributed by atoms with E-state index in [2.05, 4.69) is 12.2 Å². The van der Waals surface area contributed by atoms with Crippen molar-refractivity contribution in [2.75, 3.05) is 0 Å². The lowest BCUT2D eigenvalue weighted by molar-refractivity contribution is -0.141. The van der Waals surface area contributed by atoms with Gasteiger partial charge < -0.3 is 9.15 Å². The smallest absolute Gasteiger partial charge is 0.317 e. The predicted octanol–water partition coefficient (Wildman–Crippen LogP) is 2.40. The van der Waals surface area contributed by atoms with Gasteiger partial charge in [0.25, 0.3) is 5.95 Å². The van der Waals surface area contributed by atoms with Crippen LogP contribution in [0, 0.1) is 17.8 Å². The summed E-state index contributed by atoms with van der Waals surface area (Å²) < 4.78 is 10.1. The molecular formula is C12H12O3. The summed E-state index contributed by atoms with van der Waals surface area (Å²) in [5.41, 5.74) is 0. The van der Waals surface area contributed by atoms with Crippen molar-refractivity contribution in [3.8, 4) is 5.95 Å². The molecule has 3 nitrogen and oxygen atoms in total. The second-order valence-electron chi connectivity index (χ2n) is 4.24. The molecule has 1 heterocycles. The number of esters is 1. The molecule has 1 fully saturated rings. The van der Waals surface area contributed by atoms with Gasteiger partial charge in [0.05, 0.1) is 12.2 Å². The third-order valence-electron chi connectivity index (χ3n) is 3.28. The SMILES string of the molecule is O=C(Oc1ccco1)[C@H]1C[C@H]2C=C[C@@H]1C2. The lowest BCUT2D eigenvalue weighted by Gasteiger charge is -2.14. The van der Waals surface area contributed by atoms with Gasteiger partial charge in [0.1, 0.15) is 0 Å². The number of allylic oxidation sites excluding steroid dienone is 2. The molecule has 0 aromatic carbocycles. The van der Waals surface area contributed by atoms with Crippen LogP contribution in [0.25, 0.3) is 0 Å². The number of ether oxygens (including phenoxy) is 1. The Kier molecular flexibility index (Phi) is 1.91. The van der Waals surface area contributed by atoms with E-state index in [1.165, 1.54) is 6.26 Å². The third kappa shape index (κ3) is 1.48. The molecule has 0 radical (unpaired) electrons. The van der Waals surface area contributed by atoms with Gasteiger partial charge in [-0.15, -0.1) is 0 Å². The Morgan fingerprint density at radius 3 is 2.93 bits per heavy atom. The summed E-state index contributed by atoms with van der Waals surface area (Å²) in [6.07, 6.45) is 7.89. The fourth-order valence-electron chi connectivity index (χ4n) is 2.55. The molecule has 3 heteroatoms. The van der Waals surface area contributed by atoms with Crippen LogP contribution in [0.2, 0.25) is 0 Å². The number of hydrogen-bond donors (Lipinski definition) is 0. The van der Waals surface area contributed by atoms with Crippen molar-refractivity contribution in [2.45, 2.75) is 12.8 Å². The van der Waals surface area contributed by atoms with Crippen LogP contribution in [0.5, 0.6) is 5.95 Å². The molecular weight excluding hydrogens is 192 g/mol. The number of hydrogen-bond acceptors (Lipinski definition) is 3. The van der Waals surface area contributed by atoms with E-state index >= 15 is 0 Å². The number of fused-ring (bicyclic) bond motifs is 2. The largest absolute Gasteiger partial charge is 0.434 e. The third-order valence-corrected chi connectivity index (χ3v) is 3.28. The van der Waals surface area contributed by atoms with Crippen LogP contribution in [0.3, 0.4) is 0 Å². The molecule has 0 amide bonds. The first-order valence-corrected chi connectivity index (χ1v) is 5.26. The van der Waals surface area contributed by atoms with Crippen molar-refractivity contribution in [1.29, 1.82) is 0 Å². The number of rotatable bonds is 2. The molecule has 1 aromatic heterocycles. The van der Waals surface area contributed by atoms with E-state index in [0.717, 1.165) is 12.8 Å². The van der Waals surface area contributed by atoms with Crippen molar-refractivity contribution in [3.05, 3.63) is 30.5 Å². The first-order chi connectivity index (χ1) is 7.33. The molecule has 0 spiro atoms. The van der Waals surface area contributed by atoms with E-state index in [-0.39, 0.29) is 11.9 Å². The highest BCUT2D eigenvalue weighted by molar-refractivity contribution is 5.76. The average molecular weight is 204 g/mol. The Labute approximate surface area is 87.7 Å². The standard InChI is InChI=1S/C12H12O3/c13-12(15-11-2-1-5-14-11)10-7-8-3-4-9(10)6-8/h1-5,8-10H,6-7H2/t8-,9+,10-/m0/s1. The Balaban J connectivity index is 1.68. The molecule has 2 bridgehead atoms. The van der Waals surface area contributed by atoms with Crippen molar-refractivity contribution in [3.63, 3.8) is 0 Å². The van der Waals surface area contributed by atoms with Gasteiger partial charge in [-0.2, -0.15) is 0 Å². The van der Waals surface area contributed by atoms with Gasteiger partial charge in [-0.05, 0) is 30.7 Å². The van der Waals surface area contributed by atoms with Gasteiger partial charge in [-0.25, -0.2) is 0 Å². The second kappa shape index (κ2) is 3.26. The number of carbonyl (C=O) groups excluding carboxylic acids is 1. The minimum Gasteiger partial charge on any atom is -0.434 e. The number of furan rings is 1. The highest BCUT2D eigenvalue weighted by atomic mass is 16.6. The minimum atomic E-state index is -0.151. The molecule has 1 aromatic rings. The van der Waals surface area contributed by atoms with Gasteiger partial charge in [0, 0.05) is 6.07 Å². The molecule has 78 valence electrons. The van der Waals surface area contributed by atoms with E-state index in [1.807, 2.05) is 0 Å². The van der Waals surface area contributed by atoms with Crippen LogP contribution in [-0.2, 0) is 4.79 Å². The van der Waals surface area contributed by atoms with Gasteiger partial charge in [0.2, 0.25) is 0 Å². The average Bonchev–Trinajstić information content (AvgIpc) is 2.93. The minimum absolute atomic E-state index is 0.0325. The highest BCUT2D eigenvalue weighted by Gasteiger charge is 2.41. The highest BCUT2D eigenvalue weighted by Crippen LogP contribution is 2.43. The van der Waals surface area contributed by atoms with E-state index in [1.54, 1.807) is 12.1 Å². The van der Waals surface area contributed by atoms with Crippen LogP contribution >= 0.6 is 0 Å². The van der Waals surface area contributed by atoms with Crippen LogP contribution in [-0.4, -0.2) is 5.97 Å². The summed E-state index contributed by atoms with van der Waals surface area (Å²) in [5, 5.41) is 0. The maximum Gasteiger partial charge on any atom is 0.317 e. The van der Waals surface area contributed by atoms with Crippen molar-refractivity contribution in [2.24, 2.45) is 17.8 Å². The maximum absolute atomic E-state index is 11.8. The number of carbonyl (C=O) groups is 1. The van der Waals surface area contributed by atoms with Crippen LogP contribution in [0.15, 0.2) is 35.0 Å². The molecule has 0 N–H and O–H groups in total. The first kappa shape index (κ1) is 8.77. The molecule has 15 heavy (non-hydrogen) atoms. The van der Waals surface area contributed by atoms with Gasteiger partial charge in [-0.1, -0.05) is 12.2 Å². The molecule has 0 unspecified atom stereocenters. The maximum atomic E-state index is 11.8. The van der Waals surface area contributed by atoms with E-state index < -0.39 is 0 Å². The van der Waals surface area contributed by atoms with Crippen LogP contribution in [0.1, 0.15) is 12.8 Å². The van der Waals surface area contributed by atoms with Crippen molar-refractivity contribution in [1.82, 2.24) is 0 Å². The summed E-state index contributed by atoms with van der Waals surface area (Å²) >= 11 is 0. The molecule has 2 aliphatic rings. The zero-order valence-corrected chi connectivity index (χ0v) is 8.26.